The van der Waals surface area contributed by atoms with Gasteiger partial charge in [-0.3, -0.25) is 4.68 Å². The van der Waals surface area contributed by atoms with Gasteiger partial charge in [0.25, 0.3) is 0 Å². The van der Waals surface area contributed by atoms with Crippen molar-refractivity contribution in [1.82, 2.24) is 25.2 Å². The molecule has 17 heavy (non-hydrogen) atoms. The van der Waals surface area contributed by atoms with Crippen LogP contribution in [0.15, 0.2) is 12.4 Å². The van der Waals surface area contributed by atoms with Crippen molar-refractivity contribution in [3.63, 3.8) is 0 Å². The van der Waals surface area contributed by atoms with Crippen molar-refractivity contribution in [2.24, 2.45) is 0 Å². The zero-order valence-electron chi connectivity index (χ0n) is 9.71. The Labute approximate surface area is 99.7 Å². The van der Waals surface area contributed by atoms with Gasteiger partial charge in [-0.2, -0.15) is 0 Å². The van der Waals surface area contributed by atoms with E-state index in [1.807, 2.05) is 6.20 Å². The zero-order chi connectivity index (χ0) is 11.9. The van der Waals surface area contributed by atoms with E-state index < -0.39 is 0 Å². The van der Waals surface area contributed by atoms with Gasteiger partial charge in [-0.25, -0.2) is 4.79 Å². The molecule has 0 saturated carbocycles. The summed E-state index contributed by atoms with van der Waals surface area (Å²) < 4.78 is 6.94. The monoisotopic (exact) mass is 239 g/mol. The molecule has 0 spiro atoms. The van der Waals surface area contributed by atoms with Crippen LogP contribution in [0.2, 0.25) is 0 Å². The lowest BCUT2D eigenvalue weighted by Crippen LogP contribution is -2.46. The molecule has 2 amide bonds. The molecule has 7 heteroatoms. The maximum atomic E-state index is 11.7. The van der Waals surface area contributed by atoms with E-state index in [0.29, 0.717) is 32.8 Å². The fraction of sp³-hybridized carbons (Fsp3) is 0.700. The van der Waals surface area contributed by atoms with Crippen LogP contribution in [0.1, 0.15) is 6.42 Å². The number of carbonyl (C=O) groups is 1. The average Bonchev–Trinajstić information content (AvgIpc) is 2.88. The topological polar surface area (TPSA) is 72.3 Å². The number of carbonyl (C=O) groups excluding carboxylic acids is 1. The summed E-state index contributed by atoms with van der Waals surface area (Å²) in [6, 6.07) is -0.00751. The molecule has 1 aliphatic rings. The Morgan fingerprint density at radius 1 is 1.41 bits per heavy atom. The van der Waals surface area contributed by atoms with E-state index in [4.69, 9.17) is 4.74 Å². The van der Waals surface area contributed by atoms with Crippen LogP contribution < -0.4 is 5.32 Å². The van der Waals surface area contributed by atoms with Crippen LogP contribution >= 0.6 is 0 Å². The number of nitrogens with one attached hydrogen (secondary N) is 1. The quantitative estimate of drug-likeness (QED) is 0.733. The summed E-state index contributed by atoms with van der Waals surface area (Å²) in [5.41, 5.74) is 0. The maximum absolute atomic E-state index is 11.7. The molecule has 0 unspecified atom stereocenters. The molecular formula is C10H17N5O2. The lowest BCUT2D eigenvalue weighted by Gasteiger charge is -2.26. The lowest BCUT2D eigenvalue weighted by molar-refractivity contribution is 0.0532. The highest BCUT2D eigenvalue weighted by atomic mass is 16.5. The van der Waals surface area contributed by atoms with Gasteiger partial charge >= 0.3 is 6.03 Å². The van der Waals surface area contributed by atoms with Gasteiger partial charge in [-0.1, -0.05) is 5.21 Å². The minimum absolute atomic E-state index is 0.00751. The number of aromatic nitrogens is 3. The summed E-state index contributed by atoms with van der Waals surface area (Å²) in [5.74, 6) is 0. The van der Waals surface area contributed by atoms with Crippen LogP contribution in [0.25, 0.3) is 0 Å². The van der Waals surface area contributed by atoms with Gasteiger partial charge in [0.1, 0.15) is 0 Å². The summed E-state index contributed by atoms with van der Waals surface area (Å²) in [6.45, 7) is 4.03. The number of ether oxygens (including phenoxy) is 1. The summed E-state index contributed by atoms with van der Waals surface area (Å²) in [7, 11) is 0. The molecule has 7 nitrogen and oxygen atoms in total. The Kier molecular flexibility index (Phi) is 4.31. The van der Waals surface area contributed by atoms with Crippen LogP contribution in [0.4, 0.5) is 4.79 Å². The predicted molar refractivity (Wildman–Crippen MR) is 60.4 cm³/mol. The van der Waals surface area contributed by atoms with Crippen molar-refractivity contribution in [1.29, 1.82) is 0 Å². The van der Waals surface area contributed by atoms with Crippen molar-refractivity contribution < 1.29 is 9.53 Å². The first-order chi connectivity index (χ1) is 8.36. The minimum atomic E-state index is -0.00751. The summed E-state index contributed by atoms with van der Waals surface area (Å²) >= 11 is 0. The van der Waals surface area contributed by atoms with Gasteiger partial charge in [0, 0.05) is 32.4 Å². The molecule has 0 aromatic carbocycles. The molecule has 1 aromatic heterocycles. The molecule has 2 rings (SSSR count). The Morgan fingerprint density at radius 3 is 2.94 bits per heavy atom. The van der Waals surface area contributed by atoms with Crippen molar-refractivity contribution in [2.45, 2.75) is 13.0 Å². The van der Waals surface area contributed by atoms with E-state index in [1.54, 1.807) is 15.8 Å². The molecule has 1 N–H and O–H groups in total. The SMILES string of the molecule is O=C(NCCCn1ccnn1)N1CCOCC1. The van der Waals surface area contributed by atoms with Crippen LogP contribution in [0.3, 0.4) is 0 Å². The molecule has 2 heterocycles. The fourth-order valence-electron chi connectivity index (χ4n) is 1.67. The molecule has 1 aromatic rings. The molecule has 1 aliphatic heterocycles. The average molecular weight is 239 g/mol. The lowest BCUT2D eigenvalue weighted by atomic mass is 10.4. The predicted octanol–water partition coefficient (Wildman–Crippen LogP) is -0.290. The van der Waals surface area contributed by atoms with Gasteiger partial charge in [-0.05, 0) is 6.42 Å². The third-order valence-electron chi connectivity index (χ3n) is 2.61. The molecule has 0 atom stereocenters. The van der Waals surface area contributed by atoms with Crippen molar-refractivity contribution in [2.75, 3.05) is 32.8 Å². The second kappa shape index (κ2) is 6.19. The first-order valence-electron chi connectivity index (χ1n) is 5.81. The highest BCUT2D eigenvalue weighted by Gasteiger charge is 2.15. The van der Waals surface area contributed by atoms with Gasteiger partial charge < -0.3 is 15.0 Å². The number of nitrogens with zero attached hydrogens (tertiary/aromatic N) is 4. The van der Waals surface area contributed by atoms with Crippen LogP contribution in [-0.2, 0) is 11.3 Å². The molecular weight excluding hydrogens is 222 g/mol. The van der Waals surface area contributed by atoms with Crippen LogP contribution in [0, 0.1) is 0 Å². The highest BCUT2D eigenvalue weighted by molar-refractivity contribution is 5.74. The smallest absolute Gasteiger partial charge is 0.317 e. The van der Waals surface area contributed by atoms with E-state index in [-0.39, 0.29) is 6.03 Å². The van der Waals surface area contributed by atoms with Gasteiger partial charge in [0.2, 0.25) is 0 Å². The third-order valence-corrected chi connectivity index (χ3v) is 2.61. The van der Waals surface area contributed by atoms with Crippen LogP contribution in [0.5, 0.6) is 0 Å². The van der Waals surface area contributed by atoms with Crippen LogP contribution in [-0.4, -0.2) is 58.8 Å². The normalized spacial score (nSPS) is 15.9. The second-order valence-electron chi connectivity index (χ2n) is 3.85. The Morgan fingerprint density at radius 2 is 2.24 bits per heavy atom. The van der Waals surface area contributed by atoms with Gasteiger partial charge in [0.05, 0.1) is 19.4 Å². The molecule has 0 bridgehead atoms. The number of rotatable bonds is 4. The maximum Gasteiger partial charge on any atom is 0.317 e. The van der Waals surface area contributed by atoms with Crippen molar-refractivity contribution in [3.8, 4) is 0 Å². The highest BCUT2D eigenvalue weighted by Crippen LogP contribution is 1.97. The fourth-order valence-corrected chi connectivity index (χ4v) is 1.67. The van der Waals surface area contributed by atoms with E-state index in [9.17, 15) is 4.79 Å². The molecule has 94 valence electrons. The Hall–Kier alpha value is -1.63. The van der Waals surface area contributed by atoms with Gasteiger partial charge in [-0.15, -0.1) is 5.10 Å². The van der Waals surface area contributed by atoms with E-state index in [1.165, 1.54) is 0 Å². The second-order valence-corrected chi connectivity index (χ2v) is 3.85. The Balaban J connectivity index is 1.59. The molecule has 1 saturated heterocycles. The molecule has 0 aliphatic carbocycles. The number of aryl methyl sites for hydroxylation is 1. The van der Waals surface area contributed by atoms with E-state index in [0.717, 1.165) is 13.0 Å². The summed E-state index contributed by atoms with van der Waals surface area (Å²) in [6.07, 6.45) is 4.30. The first-order valence-corrected chi connectivity index (χ1v) is 5.81. The standard InChI is InChI=1S/C10H17N5O2/c16-10(14-6-8-17-9-7-14)11-2-1-4-15-5-3-12-13-15/h3,5H,1-2,4,6-9H2,(H,11,16). The number of hydrogen-bond acceptors (Lipinski definition) is 4. The van der Waals surface area contributed by atoms with E-state index in [2.05, 4.69) is 15.6 Å². The minimum Gasteiger partial charge on any atom is -0.378 e. The summed E-state index contributed by atoms with van der Waals surface area (Å²) in [5, 5.41) is 10.4. The van der Waals surface area contributed by atoms with Crippen molar-refractivity contribution >= 4 is 6.03 Å². The number of amides is 2. The van der Waals surface area contributed by atoms with Gasteiger partial charge in [0.15, 0.2) is 0 Å². The Bertz CT molecular complexity index is 334. The largest absolute Gasteiger partial charge is 0.378 e. The van der Waals surface area contributed by atoms with E-state index >= 15 is 0 Å². The number of urea groups is 1. The zero-order valence-corrected chi connectivity index (χ0v) is 9.71. The third kappa shape index (κ3) is 3.70. The summed E-state index contributed by atoms with van der Waals surface area (Å²) in [4.78, 5) is 13.5. The first kappa shape index (κ1) is 11.8. The van der Waals surface area contributed by atoms with Crippen molar-refractivity contribution in [3.05, 3.63) is 12.4 Å². The number of morpholine rings is 1. The number of hydrogen-bond donors (Lipinski definition) is 1. The molecule has 0 radical (unpaired) electrons. The molecule has 1 fully saturated rings.